The van der Waals surface area contributed by atoms with Gasteiger partial charge in [-0.25, -0.2) is 4.68 Å². The summed E-state index contributed by atoms with van der Waals surface area (Å²) < 4.78 is 1.66. The standard InChI is InChI=1S/C20H18Cl2N4O2S/c21-14-6-5-13(15(22)11-14)12-26-18(7-8-23-26)24-19(27)16-3-1-9-25(16)20(28)17-4-2-10-29-17/h2,4-8,10-11,16H,1,3,9,12H2,(H,24,27)/t16-/m0/s1. The molecule has 3 aromatic rings. The molecule has 0 aliphatic carbocycles. The number of hydrogen-bond acceptors (Lipinski definition) is 4. The van der Waals surface area contributed by atoms with Crippen molar-refractivity contribution in [2.24, 2.45) is 0 Å². The Labute approximate surface area is 182 Å². The fourth-order valence-electron chi connectivity index (χ4n) is 3.41. The summed E-state index contributed by atoms with van der Waals surface area (Å²) in [4.78, 5) is 27.9. The van der Waals surface area contributed by atoms with Crippen molar-refractivity contribution in [3.63, 3.8) is 0 Å². The van der Waals surface area contributed by atoms with Crippen molar-refractivity contribution >= 4 is 52.2 Å². The summed E-state index contributed by atoms with van der Waals surface area (Å²) in [6.07, 6.45) is 3.05. The minimum atomic E-state index is -0.493. The number of nitrogens with one attached hydrogen (secondary N) is 1. The highest BCUT2D eigenvalue weighted by Crippen LogP contribution is 2.25. The molecule has 1 fully saturated rings. The van der Waals surface area contributed by atoms with Gasteiger partial charge >= 0.3 is 0 Å². The Kier molecular flexibility index (Phi) is 5.89. The van der Waals surface area contributed by atoms with Crippen LogP contribution in [0.4, 0.5) is 5.82 Å². The van der Waals surface area contributed by atoms with Gasteiger partial charge in [0.1, 0.15) is 11.9 Å². The molecule has 0 unspecified atom stereocenters. The summed E-state index contributed by atoms with van der Waals surface area (Å²) in [5.41, 5.74) is 0.839. The summed E-state index contributed by atoms with van der Waals surface area (Å²) >= 11 is 13.6. The minimum absolute atomic E-state index is 0.0981. The molecule has 150 valence electrons. The third-order valence-electron chi connectivity index (χ3n) is 4.85. The predicted octanol–water partition coefficient (Wildman–Crippen LogP) is 4.54. The van der Waals surface area contributed by atoms with Gasteiger partial charge in [0.15, 0.2) is 0 Å². The number of nitrogens with zero attached hydrogens (tertiary/aromatic N) is 3. The van der Waals surface area contributed by atoms with Gasteiger partial charge in [-0.05, 0) is 42.0 Å². The zero-order chi connectivity index (χ0) is 20.4. The third kappa shape index (κ3) is 4.32. The first-order chi connectivity index (χ1) is 14.0. The zero-order valence-electron chi connectivity index (χ0n) is 15.3. The number of likely N-dealkylation sites (tertiary alicyclic amines) is 1. The van der Waals surface area contributed by atoms with Gasteiger partial charge in [0.05, 0.1) is 17.6 Å². The number of anilines is 1. The summed E-state index contributed by atoms with van der Waals surface area (Å²) in [5.74, 6) is 0.243. The van der Waals surface area contributed by atoms with Crippen molar-refractivity contribution in [3.05, 3.63) is 68.5 Å². The van der Waals surface area contributed by atoms with Crippen LogP contribution < -0.4 is 5.32 Å². The molecule has 1 aliphatic heterocycles. The molecule has 1 aliphatic rings. The second kappa shape index (κ2) is 8.57. The van der Waals surface area contributed by atoms with Gasteiger partial charge in [0, 0.05) is 22.7 Å². The summed E-state index contributed by atoms with van der Waals surface area (Å²) in [5, 5.41) is 10.2. The molecule has 29 heavy (non-hydrogen) atoms. The molecule has 0 spiro atoms. The summed E-state index contributed by atoms with van der Waals surface area (Å²) in [6.45, 7) is 0.968. The molecule has 1 atom stereocenters. The van der Waals surface area contributed by atoms with Crippen molar-refractivity contribution in [2.75, 3.05) is 11.9 Å². The molecule has 0 radical (unpaired) electrons. The van der Waals surface area contributed by atoms with Crippen molar-refractivity contribution in [2.45, 2.75) is 25.4 Å². The van der Waals surface area contributed by atoms with Gasteiger partial charge in [-0.1, -0.05) is 35.3 Å². The van der Waals surface area contributed by atoms with Crippen LogP contribution in [0.1, 0.15) is 28.1 Å². The predicted molar refractivity (Wildman–Crippen MR) is 115 cm³/mol. The Morgan fingerprint density at radius 3 is 2.86 bits per heavy atom. The Hall–Kier alpha value is -2.35. The molecule has 0 bridgehead atoms. The van der Waals surface area contributed by atoms with Gasteiger partial charge in [0.25, 0.3) is 5.91 Å². The maximum absolute atomic E-state index is 12.9. The number of aromatic nitrogens is 2. The molecule has 1 aromatic carbocycles. The average molecular weight is 449 g/mol. The number of hydrogen-bond donors (Lipinski definition) is 1. The van der Waals surface area contributed by atoms with Crippen LogP contribution in [0.2, 0.25) is 10.0 Å². The van der Waals surface area contributed by atoms with Crippen LogP contribution in [0.5, 0.6) is 0 Å². The molecular weight excluding hydrogens is 431 g/mol. The van der Waals surface area contributed by atoms with Crippen molar-refractivity contribution in [3.8, 4) is 0 Å². The Morgan fingerprint density at radius 1 is 1.24 bits per heavy atom. The first kappa shape index (κ1) is 19.9. The van der Waals surface area contributed by atoms with E-state index in [1.165, 1.54) is 11.3 Å². The van der Waals surface area contributed by atoms with E-state index in [9.17, 15) is 9.59 Å². The van der Waals surface area contributed by atoms with E-state index in [0.29, 0.717) is 40.3 Å². The van der Waals surface area contributed by atoms with Crippen LogP contribution in [0.25, 0.3) is 0 Å². The van der Waals surface area contributed by atoms with E-state index in [4.69, 9.17) is 23.2 Å². The topological polar surface area (TPSA) is 67.2 Å². The largest absolute Gasteiger partial charge is 0.326 e. The second-order valence-corrected chi connectivity index (χ2v) is 8.52. The third-order valence-corrected chi connectivity index (χ3v) is 6.30. The van der Waals surface area contributed by atoms with Crippen molar-refractivity contribution in [1.82, 2.24) is 14.7 Å². The van der Waals surface area contributed by atoms with Crippen molar-refractivity contribution < 1.29 is 9.59 Å². The number of carbonyl (C=O) groups excluding carboxylic acids is 2. The lowest BCUT2D eigenvalue weighted by Gasteiger charge is -2.23. The normalized spacial score (nSPS) is 16.2. The van der Waals surface area contributed by atoms with E-state index in [0.717, 1.165) is 12.0 Å². The van der Waals surface area contributed by atoms with Crippen LogP contribution in [-0.2, 0) is 11.3 Å². The highest BCUT2D eigenvalue weighted by molar-refractivity contribution is 7.12. The number of benzene rings is 1. The first-order valence-electron chi connectivity index (χ1n) is 9.14. The number of halogens is 2. The minimum Gasteiger partial charge on any atom is -0.326 e. The van der Waals surface area contributed by atoms with Crippen LogP contribution in [0.15, 0.2) is 48.0 Å². The molecule has 1 N–H and O–H groups in total. The van der Waals surface area contributed by atoms with Crippen LogP contribution >= 0.6 is 34.5 Å². The molecular formula is C20H18Cl2N4O2S. The first-order valence-corrected chi connectivity index (χ1v) is 10.8. The zero-order valence-corrected chi connectivity index (χ0v) is 17.7. The van der Waals surface area contributed by atoms with Gasteiger partial charge < -0.3 is 10.2 Å². The van der Waals surface area contributed by atoms with E-state index in [1.54, 1.807) is 40.0 Å². The second-order valence-electron chi connectivity index (χ2n) is 6.73. The molecule has 9 heteroatoms. The van der Waals surface area contributed by atoms with E-state index < -0.39 is 6.04 Å². The summed E-state index contributed by atoms with van der Waals surface area (Å²) in [7, 11) is 0. The van der Waals surface area contributed by atoms with Gasteiger partial charge in [-0.15, -0.1) is 11.3 Å². The molecule has 6 nitrogen and oxygen atoms in total. The lowest BCUT2D eigenvalue weighted by Crippen LogP contribution is -2.43. The Balaban J connectivity index is 1.47. The average Bonchev–Trinajstić information content (AvgIpc) is 3.45. The van der Waals surface area contributed by atoms with Crippen molar-refractivity contribution in [1.29, 1.82) is 0 Å². The monoisotopic (exact) mass is 448 g/mol. The molecule has 1 saturated heterocycles. The quantitative estimate of drug-likeness (QED) is 0.622. The van der Waals surface area contributed by atoms with Crippen LogP contribution in [0.3, 0.4) is 0 Å². The lowest BCUT2D eigenvalue weighted by atomic mass is 10.2. The Bertz CT molecular complexity index is 1040. The number of amides is 2. The lowest BCUT2D eigenvalue weighted by molar-refractivity contribution is -0.119. The molecule has 0 saturated carbocycles. The molecule has 4 rings (SSSR count). The molecule has 2 aromatic heterocycles. The maximum Gasteiger partial charge on any atom is 0.264 e. The van der Waals surface area contributed by atoms with Gasteiger partial charge in [-0.2, -0.15) is 5.10 Å². The van der Waals surface area contributed by atoms with E-state index in [2.05, 4.69) is 10.4 Å². The highest BCUT2D eigenvalue weighted by Gasteiger charge is 2.35. The fraction of sp³-hybridized carbons (Fsp3) is 0.250. The summed E-state index contributed by atoms with van der Waals surface area (Å²) in [6, 6.07) is 10.1. The van der Waals surface area contributed by atoms with Crippen LogP contribution in [0, 0.1) is 0 Å². The van der Waals surface area contributed by atoms with Gasteiger partial charge in [-0.3, -0.25) is 9.59 Å². The van der Waals surface area contributed by atoms with E-state index >= 15 is 0 Å². The number of thiophene rings is 1. The Morgan fingerprint density at radius 2 is 2.10 bits per heavy atom. The number of carbonyl (C=O) groups is 2. The van der Waals surface area contributed by atoms with E-state index in [1.807, 2.05) is 17.5 Å². The van der Waals surface area contributed by atoms with Gasteiger partial charge in [0.2, 0.25) is 5.91 Å². The maximum atomic E-state index is 12.9. The number of rotatable bonds is 5. The van der Waals surface area contributed by atoms with E-state index in [-0.39, 0.29) is 11.8 Å². The molecule has 2 amide bonds. The smallest absolute Gasteiger partial charge is 0.264 e. The SMILES string of the molecule is O=C(Nc1ccnn1Cc1ccc(Cl)cc1Cl)[C@@H]1CCCN1C(=O)c1cccs1. The highest BCUT2D eigenvalue weighted by atomic mass is 35.5. The van der Waals surface area contributed by atoms with Crippen LogP contribution in [-0.4, -0.2) is 39.1 Å². The molecule has 3 heterocycles. The fourth-order valence-corrected chi connectivity index (χ4v) is 4.56.